The molecule has 0 saturated heterocycles. The summed E-state index contributed by atoms with van der Waals surface area (Å²) in [6.07, 6.45) is 0. The van der Waals surface area contributed by atoms with Gasteiger partial charge in [-0.2, -0.15) is 0 Å². The Morgan fingerprint density at radius 3 is 2.45 bits per heavy atom. The lowest BCUT2D eigenvalue weighted by Crippen LogP contribution is -2.04. The number of carbonyl (C=O) groups excluding carboxylic acids is 1. The molecule has 1 aromatic heterocycles. The van der Waals surface area contributed by atoms with Gasteiger partial charge in [-0.25, -0.2) is 4.79 Å². The van der Waals surface area contributed by atoms with Crippen LogP contribution in [0.3, 0.4) is 0 Å². The van der Waals surface area contributed by atoms with Crippen molar-refractivity contribution in [2.75, 3.05) is 7.11 Å². The first kappa shape index (κ1) is 14.1. The van der Waals surface area contributed by atoms with E-state index in [4.69, 9.17) is 9.15 Å². The van der Waals surface area contributed by atoms with Crippen molar-refractivity contribution in [2.24, 2.45) is 0 Å². The molecule has 3 aromatic rings. The highest BCUT2D eigenvalue weighted by Gasteiger charge is 2.18. The molecule has 2 aromatic carbocycles. The lowest BCUT2D eigenvalue weighted by atomic mass is 9.98. The number of benzene rings is 2. The van der Waals surface area contributed by atoms with Crippen molar-refractivity contribution < 1.29 is 13.9 Å². The molecule has 0 aliphatic heterocycles. The van der Waals surface area contributed by atoms with Crippen LogP contribution in [0, 0.1) is 0 Å². The molecule has 0 unspecified atom stereocenters. The molecule has 0 saturated carbocycles. The molecule has 0 spiro atoms. The first-order valence-corrected chi connectivity index (χ1v) is 6.83. The third-order valence-corrected chi connectivity index (χ3v) is 3.53. The standard InChI is InChI=1S/C18H14O4/c1-11(19)17-15(21-2)9-8-13-14(10-16(20)22-18(13)17)12-6-4-3-5-7-12/h3-10H,1-2H3. The maximum Gasteiger partial charge on any atom is 0.336 e. The second-order valence-electron chi connectivity index (χ2n) is 4.92. The Morgan fingerprint density at radius 1 is 1.09 bits per heavy atom. The lowest BCUT2D eigenvalue weighted by molar-refractivity contribution is 0.101. The monoisotopic (exact) mass is 294 g/mol. The molecular formula is C18H14O4. The van der Waals surface area contributed by atoms with E-state index in [2.05, 4.69) is 0 Å². The summed E-state index contributed by atoms with van der Waals surface area (Å²) in [5.74, 6) is 0.184. The number of Topliss-reactive ketones (excluding diaryl/α,β-unsaturated/α-hetero) is 1. The average Bonchev–Trinajstić information content (AvgIpc) is 2.53. The van der Waals surface area contributed by atoms with Gasteiger partial charge in [0.1, 0.15) is 11.3 Å². The van der Waals surface area contributed by atoms with Crippen molar-refractivity contribution in [1.82, 2.24) is 0 Å². The Bertz CT molecular complexity index is 908. The molecule has 0 aliphatic carbocycles. The summed E-state index contributed by atoms with van der Waals surface area (Å²) in [5.41, 5.74) is 1.67. The molecule has 0 amide bonds. The Kier molecular flexibility index (Phi) is 3.51. The van der Waals surface area contributed by atoms with E-state index in [-0.39, 0.29) is 16.9 Å². The fourth-order valence-electron chi connectivity index (χ4n) is 2.57. The number of rotatable bonds is 3. The highest BCUT2D eigenvalue weighted by Crippen LogP contribution is 2.33. The summed E-state index contributed by atoms with van der Waals surface area (Å²) < 4.78 is 10.5. The summed E-state index contributed by atoms with van der Waals surface area (Å²) in [6, 6.07) is 14.5. The minimum Gasteiger partial charge on any atom is -0.496 e. The molecule has 3 rings (SSSR count). The van der Waals surface area contributed by atoms with Gasteiger partial charge in [-0.1, -0.05) is 30.3 Å². The van der Waals surface area contributed by atoms with Gasteiger partial charge in [0, 0.05) is 11.5 Å². The van der Waals surface area contributed by atoms with Gasteiger partial charge in [0.25, 0.3) is 0 Å². The van der Waals surface area contributed by atoms with E-state index in [0.717, 1.165) is 11.1 Å². The maximum absolute atomic E-state index is 12.0. The van der Waals surface area contributed by atoms with Crippen molar-refractivity contribution in [3.63, 3.8) is 0 Å². The van der Waals surface area contributed by atoms with E-state index in [9.17, 15) is 9.59 Å². The highest BCUT2D eigenvalue weighted by molar-refractivity contribution is 6.10. The summed E-state index contributed by atoms with van der Waals surface area (Å²) in [5, 5.41) is 0.705. The summed E-state index contributed by atoms with van der Waals surface area (Å²) in [4.78, 5) is 23.9. The van der Waals surface area contributed by atoms with Crippen molar-refractivity contribution in [2.45, 2.75) is 6.92 Å². The zero-order chi connectivity index (χ0) is 15.7. The number of carbonyl (C=O) groups is 1. The van der Waals surface area contributed by atoms with Crippen LogP contribution in [0.5, 0.6) is 5.75 Å². The van der Waals surface area contributed by atoms with E-state index in [1.807, 2.05) is 30.3 Å². The minimum atomic E-state index is -0.498. The van der Waals surface area contributed by atoms with Crippen molar-refractivity contribution in [3.05, 3.63) is 64.5 Å². The number of ketones is 1. The number of hydrogen-bond acceptors (Lipinski definition) is 4. The number of fused-ring (bicyclic) bond motifs is 1. The average molecular weight is 294 g/mol. The van der Waals surface area contributed by atoms with E-state index in [0.29, 0.717) is 11.1 Å². The van der Waals surface area contributed by atoms with Crippen LogP contribution in [0.25, 0.3) is 22.1 Å². The first-order valence-electron chi connectivity index (χ1n) is 6.83. The highest BCUT2D eigenvalue weighted by atomic mass is 16.5. The van der Waals surface area contributed by atoms with E-state index < -0.39 is 5.63 Å². The van der Waals surface area contributed by atoms with Crippen LogP contribution in [-0.4, -0.2) is 12.9 Å². The van der Waals surface area contributed by atoms with Gasteiger partial charge >= 0.3 is 5.63 Å². The summed E-state index contributed by atoms with van der Waals surface area (Å²) in [6.45, 7) is 1.42. The molecular weight excluding hydrogens is 280 g/mol. The molecule has 0 radical (unpaired) electrons. The van der Waals surface area contributed by atoms with Gasteiger partial charge < -0.3 is 9.15 Å². The van der Waals surface area contributed by atoms with Crippen LogP contribution in [0.4, 0.5) is 0 Å². The smallest absolute Gasteiger partial charge is 0.336 e. The Labute approximate surface area is 127 Å². The van der Waals surface area contributed by atoms with Gasteiger partial charge in [0.05, 0.1) is 7.11 Å². The normalized spacial score (nSPS) is 10.6. The van der Waals surface area contributed by atoms with E-state index in [1.54, 1.807) is 12.1 Å². The van der Waals surface area contributed by atoms with Gasteiger partial charge in [-0.15, -0.1) is 0 Å². The van der Waals surface area contributed by atoms with Crippen LogP contribution >= 0.6 is 0 Å². The predicted octanol–water partition coefficient (Wildman–Crippen LogP) is 3.67. The summed E-state index contributed by atoms with van der Waals surface area (Å²) in [7, 11) is 1.48. The molecule has 0 N–H and O–H groups in total. The second-order valence-corrected chi connectivity index (χ2v) is 4.92. The van der Waals surface area contributed by atoms with Crippen LogP contribution < -0.4 is 10.4 Å². The van der Waals surface area contributed by atoms with Gasteiger partial charge in [-0.3, -0.25) is 4.79 Å². The van der Waals surface area contributed by atoms with Crippen LogP contribution in [-0.2, 0) is 0 Å². The molecule has 0 atom stereocenters. The number of hydrogen-bond donors (Lipinski definition) is 0. The zero-order valence-corrected chi connectivity index (χ0v) is 12.3. The van der Waals surface area contributed by atoms with Crippen molar-refractivity contribution in [1.29, 1.82) is 0 Å². The fourth-order valence-corrected chi connectivity index (χ4v) is 2.57. The Morgan fingerprint density at radius 2 is 1.82 bits per heavy atom. The number of ether oxygens (including phenoxy) is 1. The third kappa shape index (κ3) is 2.29. The quantitative estimate of drug-likeness (QED) is 0.546. The Balaban J connectivity index is 2.44. The lowest BCUT2D eigenvalue weighted by Gasteiger charge is -2.11. The SMILES string of the molecule is COc1ccc2c(-c3ccccc3)cc(=O)oc2c1C(C)=O. The predicted molar refractivity (Wildman–Crippen MR) is 84.5 cm³/mol. The third-order valence-electron chi connectivity index (χ3n) is 3.53. The molecule has 22 heavy (non-hydrogen) atoms. The van der Waals surface area contributed by atoms with E-state index in [1.165, 1.54) is 20.1 Å². The molecule has 4 nitrogen and oxygen atoms in total. The van der Waals surface area contributed by atoms with E-state index >= 15 is 0 Å². The maximum atomic E-state index is 12.0. The molecule has 1 heterocycles. The molecule has 0 bridgehead atoms. The Hall–Kier alpha value is -2.88. The van der Waals surface area contributed by atoms with Crippen molar-refractivity contribution in [3.8, 4) is 16.9 Å². The largest absolute Gasteiger partial charge is 0.496 e. The molecule has 0 fully saturated rings. The molecule has 0 aliphatic rings. The second kappa shape index (κ2) is 5.48. The van der Waals surface area contributed by atoms with Gasteiger partial charge in [-0.05, 0) is 30.2 Å². The van der Waals surface area contributed by atoms with Crippen LogP contribution in [0.15, 0.2) is 57.7 Å². The van der Waals surface area contributed by atoms with Crippen LogP contribution in [0.2, 0.25) is 0 Å². The van der Waals surface area contributed by atoms with Crippen molar-refractivity contribution >= 4 is 16.8 Å². The van der Waals surface area contributed by atoms with Crippen LogP contribution in [0.1, 0.15) is 17.3 Å². The molecule has 4 heteroatoms. The van der Waals surface area contributed by atoms with Gasteiger partial charge in [0.2, 0.25) is 0 Å². The first-order chi connectivity index (χ1) is 10.6. The number of methoxy groups -OCH3 is 1. The summed E-state index contributed by atoms with van der Waals surface area (Å²) >= 11 is 0. The van der Waals surface area contributed by atoms with Gasteiger partial charge in [0.15, 0.2) is 11.4 Å². The topological polar surface area (TPSA) is 56.5 Å². The fraction of sp³-hybridized carbons (Fsp3) is 0.111. The zero-order valence-electron chi connectivity index (χ0n) is 12.3. The minimum absolute atomic E-state index is 0.212. The molecule has 110 valence electrons.